The number of carbonyl (C=O) groups is 1. The Bertz CT molecular complexity index is 1290. The first kappa shape index (κ1) is 24.6. The van der Waals surface area contributed by atoms with Gasteiger partial charge in [0, 0.05) is 0 Å². The van der Waals surface area contributed by atoms with Crippen molar-refractivity contribution in [2.75, 3.05) is 24.0 Å². The average Bonchev–Trinajstić information content (AvgIpc) is 2.86. The number of carbonyl (C=O) groups excluding carboxylic acids is 1. The lowest BCUT2D eigenvalue weighted by Crippen LogP contribution is -2.51. The van der Waals surface area contributed by atoms with Crippen LogP contribution >= 0.6 is 0 Å². The number of amides is 1. The van der Waals surface area contributed by atoms with Gasteiger partial charge in [0.1, 0.15) is 18.1 Å². The fourth-order valence-electron chi connectivity index (χ4n) is 3.98. The molecule has 184 valence electrons. The van der Waals surface area contributed by atoms with Crippen LogP contribution < -0.4 is 19.1 Å². The van der Waals surface area contributed by atoms with E-state index in [1.165, 1.54) is 4.31 Å². The number of hydrogen-bond donors (Lipinski definition) is 1. The summed E-state index contributed by atoms with van der Waals surface area (Å²) in [7, 11) is -3.88. The monoisotopic (exact) mass is 494 g/mol. The van der Waals surface area contributed by atoms with Gasteiger partial charge in [-0.25, -0.2) is 8.42 Å². The number of para-hydroxylation sites is 1. The minimum Gasteiger partial charge on any atom is -0.491 e. The number of fused-ring (bicyclic) bond motifs is 1. The van der Waals surface area contributed by atoms with Crippen LogP contribution in [0.3, 0.4) is 0 Å². The van der Waals surface area contributed by atoms with E-state index in [9.17, 15) is 13.2 Å². The van der Waals surface area contributed by atoms with Crippen molar-refractivity contribution in [2.24, 2.45) is 0 Å². The summed E-state index contributed by atoms with van der Waals surface area (Å²) in [6, 6.07) is 21.3. The van der Waals surface area contributed by atoms with Crippen molar-refractivity contribution in [3.05, 3.63) is 83.9 Å². The minimum atomic E-state index is -3.88. The summed E-state index contributed by atoms with van der Waals surface area (Å²) in [5.74, 6) is 1.07. The molecule has 0 radical (unpaired) electrons. The smallest absolute Gasteiger partial charge is 0.264 e. The molecule has 35 heavy (non-hydrogen) atoms. The first-order valence-electron chi connectivity index (χ1n) is 11.6. The molecule has 3 aromatic carbocycles. The number of rotatable bonds is 8. The number of aryl methyl sites for hydroxylation is 1. The van der Waals surface area contributed by atoms with E-state index < -0.39 is 22.0 Å². The summed E-state index contributed by atoms with van der Waals surface area (Å²) in [5.41, 5.74) is 2.42. The van der Waals surface area contributed by atoms with Crippen LogP contribution in [0, 0.1) is 6.92 Å². The molecule has 0 spiro atoms. The van der Waals surface area contributed by atoms with Gasteiger partial charge in [-0.2, -0.15) is 0 Å². The molecule has 1 N–H and O–H groups in total. The molecular formula is C27H30N2O5S. The Hall–Kier alpha value is -3.52. The summed E-state index contributed by atoms with van der Waals surface area (Å²) in [6.07, 6.45) is -0.995. The quantitative estimate of drug-likeness (QED) is 0.473. The predicted octanol–water partition coefficient (Wildman–Crippen LogP) is 4.27. The largest absolute Gasteiger partial charge is 0.491 e. The fourth-order valence-corrected chi connectivity index (χ4v) is 5.48. The number of hydrogen-bond acceptors (Lipinski definition) is 5. The van der Waals surface area contributed by atoms with Crippen molar-refractivity contribution in [3.8, 4) is 11.5 Å². The molecular weight excluding hydrogens is 464 g/mol. The van der Waals surface area contributed by atoms with Crippen LogP contribution in [-0.4, -0.2) is 40.1 Å². The lowest BCUT2D eigenvalue weighted by molar-refractivity contribution is -0.127. The highest BCUT2D eigenvalue weighted by Gasteiger charge is 2.37. The molecule has 4 rings (SSSR count). The SMILES string of the molecule is Cc1ccc2c(c1)OC(C(=O)NCCOc1ccccc1C(C)C)CN2S(=O)(=O)c1ccccc1. The number of ether oxygens (including phenoxy) is 2. The van der Waals surface area contributed by atoms with Gasteiger partial charge >= 0.3 is 0 Å². The summed E-state index contributed by atoms with van der Waals surface area (Å²) in [4.78, 5) is 13.1. The molecule has 0 saturated carbocycles. The normalized spacial score (nSPS) is 15.3. The molecule has 0 bridgehead atoms. The highest BCUT2D eigenvalue weighted by molar-refractivity contribution is 7.92. The van der Waals surface area contributed by atoms with Gasteiger partial charge in [-0.1, -0.05) is 56.3 Å². The average molecular weight is 495 g/mol. The number of nitrogens with one attached hydrogen (secondary N) is 1. The second kappa shape index (κ2) is 10.4. The molecule has 1 aliphatic heterocycles. The fraction of sp³-hybridized carbons (Fsp3) is 0.296. The molecule has 1 aliphatic rings. The lowest BCUT2D eigenvalue weighted by Gasteiger charge is -2.35. The van der Waals surface area contributed by atoms with Gasteiger partial charge in [0.2, 0.25) is 0 Å². The maximum absolute atomic E-state index is 13.4. The third kappa shape index (κ3) is 5.43. The maximum Gasteiger partial charge on any atom is 0.264 e. The van der Waals surface area contributed by atoms with Gasteiger partial charge in [-0.05, 0) is 54.3 Å². The maximum atomic E-state index is 13.4. The molecule has 3 aromatic rings. The standard InChI is InChI=1S/C27H30N2O5S/c1-19(2)22-11-7-8-12-24(22)33-16-15-28-27(30)26-18-29(23-14-13-20(3)17-25(23)34-26)35(31,32)21-9-5-4-6-10-21/h4-14,17,19,26H,15-16,18H2,1-3H3,(H,28,30). The molecule has 0 aromatic heterocycles. The van der Waals surface area contributed by atoms with Crippen molar-refractivity contribution in [1.29, 1.82) is 0 Å². The zero-order valence-electron chi connectivity index (χ0n) is 20.1. The molecule has 1 atom stereocenters. The summed E-state index contributed by atoms with van der Waals surface area (Å²) in [5, 5.41) is 2.82. The third-order valence-electron chi connectivity index (χ3n) is 5.81. The van der Waals surface area contributed by atoms with Crippen LogP contribution in [0.5, 0.6) is 11.5 Å². The number of nitrogens with zero attached hydrogens (tertiary/aromatic N) is 1. The van der Waals surface area contributed by atoms with E-state index >= 15 is 0 Å². The van der Waals surface area contributed by atoms with Gasteiger partial charge in [0.25, 0.3) is 15.9 Å². The van der Waals surface area contributed by atoms with Crippen LogP contribution in [0.15, 0.2) is 77.7 Å². The Morgan fingerprint density at radius 2 is 1.80 bits per heavy atom. The van der Waals surface area contributed by atoms with E-state index in [1.807, 2.05) is 37.3 Å². The van der Waals surface area contributed by atoms with Crippen molar-refractivity contribution in [2.45, 2.75) is 37.7 Å². The molecule has 1 unspecified atom stereocenters. The van der Waals surface area contributed by atoms with E-state index in [0.717, 1.165) is 16.9 Å². The minimum absolute atomic E-state index is 0.129. The molecule has 7 nitrogen and oxygen atoms in total. The number of sulfonamides is 1. The van der Waals surface area contributed by atoms with Crippen molar-refractivity contribution >= 4 is 21.6 Å². The lowest BCUT2D eigenvalue weighted by atomic mass is 10.0. The first-order chi connectivity index (χ1) is 16.8. The van der Waals surface area contributed by atoms with Gasteiger partial charge in [-0.15, -0.1) is 0 Å². The third-order valence-corrected chi connectivity index (χ3v) is 7.60. The van der Waals surface area contributed by atoms with Crippen LogP contribution in [0.25, 0.3) is 0 Å². The zero-order valence-corrected chi connectivity index (χ0v) is 20.9. The second-order valence-corrected chi connectivity index (χ2v) is 10.6. The Morgan fingerprint density at radius 3 is 2.54 bits per heavy atom. The zero-order chi connectivity index (χ0) is 25.0. The van der Waals surface area contributed by atoms with Crippen molar-refractivity contribution < 1.29 is 22.7 Å². The molecule has 8 heteroatoms. The summed E-state index contributed by atoms with van der Waals surface area (Å²) < 4.78 is 39.9. The van der Waals surface area contributed by atoms with Crippen LogP contribution in [0.1, 0.15) is 30.9 Å². The van der Waals surface area contributed by atoms with Crippen molar-refractivity contribution in [3.63, 3.8) is 0 Å². The van der Waals surface area contributed by atoms with E-state index in [4.69, 9.17) is 9.47 Å². The van der Waals surface area contributed by atoms with Gasteiger partial charge < -0.3 is 14.8 Å². The summed E-state index contributed by atoms with van der Waals surface area (Å²) >= 11 is 0. The number of benzene rings is 3. The molecule has 1 heterocycles. The first-order valence-corrected chi connectivity index (χ1v) is 13.1. The van der Waals surface area contributed by atoms with Gasteiger partial charge in [-0.3, -0.25) is 9.10 Å². The number of anilines is 1. The topological polar surface area (TPSA) is 84.9 Å². The molecule has 1 amide bonds. The highest BCUT2D eigenvalue weighted by Crippen LogP contribution is 2.37. The summed E-state index contributed by atoms with van der Waals surface area (Å²) in [6.45, 7) is 6.49. The molecule has 0 fully saturated rings. The van der Waals surface area contributed by atoms with Crippen molar-refractivity contribution in [1.82, 2.24) is 5.32 Å². The predicted molar refractivity (Wildman–Crippen MR) is 136 cm³/mol. The van der Waals surface area contributed by atoms with E-state index in [-0.39, 0.29) is 24.6 Å². The second-order valence-electron chi connectivity index (χ2n) is 8.76. The molecule has 0 aliphatic carbocycles. The molecule has 0 saturated heterocycles. The van der Waals surface area contributed by atoms with Gasteiger partial charge in [0.15, 0.2) is 6.10 Å². The Kier molecular flexibility index (Phi) is 7.31. The van der Waals surface area contributed by atoms with Crippen LogP contribution in [0.4, 0.5) is 5.69 Å². The van der Waals surface area contributed by atoms with E-state index in [0.29, 0.717) is 17.4 Å². The van der Waals surface area contributed by atoms with Crippen LogP contribution in [0.2, 0.25) is 0 Å². The Labute approximate surface area is 206 Å². The van der Waals surface area contributed by atoms with E-state index in [1.54, 1.807) is 42.5 Å². The highest BCUT2D eigenvalue weighted by atomic mass is 32.2. The Morgan fingerprint density at radius 1 is 1.09 bits per heavy atom. The van der Waals surface area contributed by atoms with Gasteiger partial charge in [0.05, 0.1) is 23.7 Å². The van der Waals surface area contributed by atoms with E-state index in [2.05, 4.69) is 19.2 Å². The van der Waals surface area contributed by atoms with Crippen LogP contribution in [-0.2, 0) is 14.8 Å². The Balaban J connectivity index is 1.47.